The van der Waals surface area contributed by atoms with E-state index in [9.17, 15) is 0 Å². The summed E-state index contributed by atoms with van der Waals surface area (Å²) in [6, 6.07) is 0. The minimum Gasteiger partial charge on any atom is -0.354 e. The average molecular weight is 367 g/mol. The van der Waals surface area contributed by atoms with E-state index in [4.69, 9.17) is 18.9 Å². The van der Waals surface area contributed by atoms with E-state index in [2.05, 4.69) is 37.5 Å². The van der Waals surface area contributed by atoms with Gasteiger partial charge in [0.25, 0.3) is 0 Å². The standard InChI is InChI=1S/C20H34N2O4/c1-17(11-23-17)21(18(2)12-24-18)9-15-6-5-7-16(8-15)10-22(19(3)13-25-19)20(4)14-26-20/h15-16H,5-14H2,1-4H3. The van der Waals surface area contributed by atoms with Gasteiger partial charge in [-0.3, -0.25) is 0 Å². The Morgan fingerprint density at radius 2 is 0.962 bits per heavy atom. The molecule has 148 valence electrons. The van der Waals surface area contributed by atoms with Gasteiger partial charge >= 0.3 is 0 Å². The molecule has 0 aromatic heterocycles. The largest absolute Gasteiger partial charge is 0.354 e. The Hall–Kier alpha value is -0.240. The van der Waals surface area contributed by atoms with E-state index in [0.29, 0.717) is 0 Å². The van der Waals surface area contributed by atoms with E-state index in [0.717, 1.165) is 51.4 Å². The highest BCUT2D eigenvalue weighted by Crippen LogP contribution is 2.47. The fraction of sp³-hybridized carbons (Fsp3) is 1.00. The van der Waals surface area contributed by atoms with Gasteiger partial charge in [-0.25, -0.2) is 9.80 Å². The second-order valence-electron chi connectivity index (χ2n) is 9.97. The Morgan fingerprint density at radius 1 is 0.654 bits per heavy atom. The highest BCUT2D eigenvalue weighted by atomic mass is 16.7. The summed E-state index contributed by atoms with van der Waals surface area (Å²) >= 11 is 0. The van der Waals surface area contributed by atoms with Crippen LogP contribution in [-0.4, -0.2) is 72.2 Å². The highest BCUT2D eigenvalue weighted by molar-refractivity contribution is 5.02. The first kappa shape index (κ1) is 17.8. The third-order valence-corrected chi connectivity index (χ3v) is 7.31. The van der Waals surface area contributed by atoms with Crippen molar-refractivity contribution in [1.82, 2.24) is 9.80 Å². The quantitative estimate of drug-likeness (QED) is 0.615. The fourth-order valence-corrected chi connectivity index (χ4v) is 5.06. The third kappa shape index (κ3) is 3.23. The summed E-state index contributed by atoms with van der Waals surface area (Å²) in [5, 5.41) is 0. The lowest BCUT2D eigenvalue weighted by Gasteiger charge is -2.39. The first-order valence-corrected chi connectivity index (χ1v) is 10.4. The van der Waals surface area contributed by atoms with Crippen molar-refractivity contribution in [3.63, 3.8) is 0 Å². The Morgan fingerprint density at radius 3 is 1.23 bits per heavy atom. The molecule has 5 fully saturated rings. The summed E-state index contributed by atoms with van der Waals surface area (Å²) in [6.45, 7) is 14.3. The predicted molar refractivity (Wildman–Crippen MR) is 96.3 cm³/mol. The number of rotatable bonds is 8. The van der Waals surface area contributed by atoms with Crippen LogP contribution in [0.25, 0.3) is 0 Å². The molecule has 26 heavy (non-hydrogen) atoms. The number of epoxide rings is 4. The molecule has 0 N–H and O–H groups in total. The van der Waals surface area contributed by atoms with Crippen LogP contribution in [0, 0.1) is 11.8 Å². The van der Waals surface area contributed by atoms with Gasteiger partial charge in [-0.15, -0.1) is 0 Å². The molecule has 0 amide bonds. The van der Waals surface area contributed by atoms with Crippen molar-refractivity contribution in [2.45, 2.75) is 76.3 Å². The van der Waals surface area contributed by atoms with Crippen molar-refractivity contribution in [3.05, 3.63) is 0 Å². The maximum atomic E-state index is 5.77. The molecule has 6 atom stereocenters. The van der Waals surface area contributed by atoms with E-state index in [1.165, 1.54) is 25.7 Å². The molecule has 6 heteroatoms. The zero-order valence-corrected chi connectivity index (χ0v) is 16.8. The van der Waals surface area contributed by atoms with Crippen molar-refractivity contribution in [2.75, 3.05) is 39.5 Å². The van der Waals surface area contributed by atoms with Gasteiger partial charge in [0.05, 0.1) is 26.4 Å². The van der Waals surface area contributed by atoms with Crippen molar-refractivity contribution in [3.8, 4) is 0 Å². The van der Waals surface area contributed by atoms with Gasteiger partial charge in [-0.1, -0.05) is 6.42 Å². The molecule has 0 bridgehead atoms. The van der Waals surface area contributed by atoms with Crippen molar-refractivity contribution < 1.29 is 18.9 Å². The summed E-state index contributed by atoms with van der Waals surface area (Å²) in [7, 11) is 0. The van der Waals surface area contributed by atoms with Gasteiger partial charge in [0.2, 0.25) is 0 Å². The van der Waals surface area contributed by atoms with Crippen LogP contribution in [-0.2, 0) is 18.9 Å². The molecule has 5 aliphatic rings. The highest BCUT2D eigenvalue weighted by Gasteiger charge is 2.60. The Bertz CT molecular complexity index is 482. The molecule has 0 aromatic rings. The van der Waals surface area contributed by atoms with E-state index in [-0.39, 0.29) is 22.9 Å². The second-order valence-corrected chi connectivity index (χ2v) is 9.97. The minimum atomic E-state index is -0.102. The summed E-state index contributed by atoms with van der Waals surface area (Å²) in [6.07, 6.45) is 5.24. The van der Waals surface area contributed by atoms with Crippen LogP contribution < -0.4 is 0 Å². The Balaban J connectivity index is 1.22. The van der Waals surface area contributed by atoms with Crippen LogP contribution >= 0.6 is 0 Å². The fourth-order valence-electron chi connectivity index (χ4n) is 5.06. The lowest BCUT2D eigenvalue weighted by atomic mass is 9.80. The maximum Gasteiger partial charge on any atom is 0.144 e. The number of nitrogens with zero attached hydrogens (tertiary/aromatic N) is 2. The number of hydrogen-bond donors (Lipinski definition) is 0. The summed E-state index contributed by atoms with van der Waals surface area (Å²) < 4.78 is 23.1. The SMILES string of the molecule is CC1(N(CC2CCCC(CN(C3(C)CO3)C3(C)CO3)C2)C2(C)CO2)CO1. The van der Waals surface area contributed by atoms with Crippen LogP contribution in [0.3, 0.4) is 0 Å². The van der Waals surface area contributed by atoms with E-state index < -0.39 is 0 Å². The van der Waals surface area contributed by atoms with E-state index in [1.54, 1.807) is 0 Å². The monoisotopic (exact) mass is 366 g/mol. The Kier molecular flexibility index (Phi) is 3.87. The lowest BCUT2D eigenvalue weighted by Crippen LogP contribution is -2.50. The van der Waals surface area contributed by atoms with Gasteiger partial charge in [-0.05, 0) is 58.8 Å². The summed E-state index contributed by atoms with van der Waals surface area (Å²) in [5.41, 5.74) is -0.409. The average Bonchev–Trinajstić information content (AvgIpc) is 3.38. The van der Waals surface area contributed by atoms with Crippen LogP contribution in [0.1, 0.15) is 53.4 Å². The smallest absolute Gasteiger partial charge is 0.144 e. The van der Waals surface area contributed by atoms with Crippen LogP contribution in [0.2, 0.25) is 0 Å². The first-order valence-electron chi connectivity index (χ1n) is 10.4. The molecule has 4 aliphatic heterocycles. The number of hydrogen-bond acceptors (Lipinski definition) is 6. The molecule has 4 heterocycles. The molecule has 1 aliphatic carbocycles. The molecule has 4 saturated heterocycles. The van der Waals surface area contributed by atoms with Gasteiger partial charge in [-0.2, -0.15) is 0 Å². The van der Waals surface area contributed by atoms with Crippen molar-refractivity contribution >= 4 is 0 Å². The zero-order chi connectivity index (χ0) is 18.2. The second kappa shape index (κ2) is 5.65. The predicted octanol–water partition coefficient (Wildman–Crippen LogP) is 2.38. The molecule has 6 unspecified atom stereocenters. The first-order chi connectivity index (χ1) is 12.2. The molecule has 5 rings (SSSR count). The normalized spacial score (nSPS) is 52.4. The van der Waals surface area contributed by atoms with E-state index in [1.807, 2.05) is 0 Å². The van der Waals surface area contributed by atoms with Crippen molar-refractivity contribution in [1.29, 1.82) is 0 Å². The third-order valence-electron chi connectivity index (χ3n) is 7.31. The van der Waals surface area contributed by atoms with Gasteiger partial charge in [0, 0.05) is 13.1 Å². The van der Waals surface area contributed by atoms with Crippen LogP contribution in [0.4, 0.5) is 0 Å². The number of ether oxygens (including phenoxy) is 4. The summed E-state index contributed by atoms with van der Waals surface area (Å²) in [5.74, 6) is 1.44. The molecule has 0 spiro atoms. The van der Waals surface area contributed by atoms with Crippen molar-refractivity contribution in [2.24, 2.45) is 11.8 Å². The van der Waals surface area contributed by atoms with Crippen LogP contribution in [0.15, 0.2) is 0 Å². The molecule has 0 aromatic carbocycles. The molecule has 6 nitrogen and oxygen atoms in total. The summed E-state index contributed by atoms with van der Waals surface area (Å²) in [4.78, 5) is 4.98. The van der Waals surface area contributed by atoms with E-state index >= 15 is 0 Å². The molecule has 0 radical (unpaired) electrons. The van der Waals surface area contributed by atoms with Gasteiger partial charge in [0.15, 0.2) is 0 Å². The lowest BCUT2D eigenvalue weighted by molar-refractivity contribution is -0.0374. The molecule has 1 saturated carbocycles. The van der Waals surface area contributed by atoms with Crippen LogP contribution in [0.5, 0.6) is 0 Å². The van der Waals surface area contributed by atoms with Gasteiger partial charge in [0.1, 0.15) is 22.9 Å². The molecular weight excluding hydrogens is 332 g/mol. The van der Waals surface area contributed by atoms with Gasteiger partial charge < -0.3 is 18.9 Å². The Labute approximate surface area is 157 Å². The minimum absolute atomic E-state index is 0.102. The molecular formula is C20H34N2O4. The zero-order valence-electron chi connectivity index (χ0n) is 16.8. The maximum absolute atomic E-state index is 5.77. The topological polar surface area (TPSA) is 56.6 Å².